The number of carbonyl (C=O) groups is 1. The molecule has 1 amide bonds. The predicted molar refractivity (Wildman–Crippen MR) is 78.0 cm³/mol. The molecule has 1 rings (SSSR count). The van der Waals surface area contributed by atoms with Crippen molar-refractivity contribution in [2.45, 2.75) is 0 Å². The molecule has 0 aromatic carbocycles. The van der Waals surface area contributed by atoms with Crippen LogP contribution in [-0.2, 0) is 10.0 Å². The van der Waals surface area contributed by atoms with Crippen molar-refractivity contribution in [2.75, 3.05) is 33.0 Å². The first-order chi connectivity index (χ1) is 9.88. The standard InChI is InChI=1S/C13H17N3O4S/c1-16(2)21(19,20)9-7-15-13(18)12-5-6-14-10-11(12)4-3-8-17/h5-6,10,17H,7-9H2,1-2H3,(H,15,18). The Morgan fingerprint density at radius 2 is 2.19 bits per heavy atom. The van der Waals surface area contributed by atoms with Gasteiger partial charge in [-0.3, -0.25) is 9.78 Å². The first-order valence-electron chi connectivity index (χ1n) is 6.10. The Morgan fingerprint density at radius 3 is 2.81 bits per heavy atom. The summed E-state index contributed by atoms with van der Waals surface area (Å²) in [6, 6.07) is 1.48. The molecular weight excluding hydrogens is 294 g/mol. The lowest BCUT2D eigenvalue weighted by Crippen LogP contribution is -2.34. The van der Waals surface area contributed by atoms with Crippen molar-refractivity contribution >= 4 is 15.9 Å². The van der Waals surface area contributed by atoms with Crippen molar-refractivity contribution in [3.05, 3.63) is 29.6 Å². The third-order valence-electron chi connectivity index (χ3n) is 2.57. The van der Waals surface area contributed by atoms with Crippen molar-refractivity contribution in [1.29, 1.82) is 0 Å². The summed E-state index contributed by atoms with van der Waals surface area (Å²) in [5.74, 6) is 4.43. The molecule has 0 unspecified atom stereocenters. The summed E-state index contributed by atoms with van der Waals surface area (Å²) < 4.78 is 24.2. The van der Waals surface area contributed by atoms with Crippen LogP contribution in [0.2, 0.25) is 0 Å². The molecule has 7 nitrogen and oxygen atoms in total. The maximum absolute atomic E-state index is 12.0. The lowest BCUT2D eigenvalue weighted by Gasteiger charge is -2.11. The van der Waals surface area contributed by atoms with Gasteiger partial charge in [-0.05, 0) is 6.07 Å². The topological polar surface area (TPSA) is 99.6 Å². The van der Waals surface area contributed by atoms with Crippen molar-refractivity contribution < 1.29 is 18.3 Å². The maximum atomic E-state index is 12.0. The van der Waals surface area contributed by atoms with E-state index in [1.54, 1.807) is 0 Å². The molecule has 1 heterocycles. The Hall–Kier alpha value is -1.95. The minimum absolute atomic E-state index is 0.00542. The number of hydrogen-bond donors (Lipinski definition) is 2. The number of sulfonamides is 1. The molecule has 1 aromatic heterocycles. The minimum Gasteiger partial charge on any atom is -0.384 e. The Balaban J connectivity index is 2.73. The molecule has 0 bridgehead atoms. The van der Waals surface area contributed by atoms with Crippen LogP contribution in [0, 0.1) is 11.8 Å². The molecule has 0 aliphatic carbocycles. The van der Waals surface area contributed by atoms with Gasteiger partial charge in [-0.15, -0.1) is 0 Å². The van der Waals surface area contributed by atoms with Gasteiger partial charge in [-0.25, -0.2) is 12.7 Å². The highest BCUT2D eigenvalue weighted by Gasteiger charge is 2.15. The van der Waals surface area contributed by atoms with E-state index in [-0.39, 0.29) is 24.5 Å². The second-order valence-electron chi connectivity index (χ2n) is 4.24. The molecule has 8 heteroatoms. The summed E-state index contributed by atoms with van der Waals surface area (Å²) in [5, 5.41) is 11.2. The normalized spacial score (nSPS) is 10.9. The molecule has 0 atom stereocenters. The molecule has 0 radical (unpaired) electrons. The van der Waals surface area contributed by atoms with E-state index in [1.807, 2.05) is 0 Å². The van der Waals surface area contributed by atoms with Crippen molar-refractivity contribution in [3.8, 4) is 11.8 Å². The summed E-state index contributed by atoms with van der Waals surface area (Å²) in [4.78, 5) is 15.9. The summed E-state index contributed by atoms with van der Waals surface area (Å²) in [5.41, 5.74) is 0.660. The molecule has 2 N–H and O–H groups in total. The highest BCUT2D eigenvalue weighted by atomic mass is 32.2. The smallest absolute Gasteiger partial charge is 0.252 e. The molecular formula is C13H17N3O4S. The highest BCUT2D eigenvalue weighted by Crippen LogP contribution is 2.05. The van der Waals surface area contributed by atoms with Gasteiger partial charge < -0.3 is 10.4 Å². The maximum Gasteiger partial charge on any atom is 0.252 e. The Labute approximate surface area is 124 Å². The number of hydrogen-bond acceptors (Lipinski definition) is 5. The second-order valence-corrected chi connectivity index (χ2v) is 6.54. The van der Waals surface area contributed by atoms with E-state index in [0.717, 1.165) is 4.31 Å². The first-order valence-corrected chi connectivity index (χ1v) is 7.71. The zero-order valence-electron chi connectivity index (χ0n) is 11.8. The van der Waals surface area contributed by atoms with Crippen molar-refractivity contribution in [2.24, 2.45) is 0 Å². The Morgan fingerprint density at radius 1 is 1.48 bits per heavy atom. The SMILES string of the molecule is CN(C)S(=O)(=O)CCNC(=O)c1ccncc1C#CCO. The van der Waals surface area contributed by atoms with Crippen LogP contribution in [0.5, 0.6) is 0 Å². The number of nitrogens with one attached hydrogen (secondary N) is 1. The van der Waals surface area contributed by atoms with Gasteiger partial charge in [0, 0.05) is 33.0 Å². The average molecular weight is 311 g/mol. The molecule has 114 valence electrons. The van der Waals surface area contributed by atoms with E-state index in [4.69, 9.17) is 5.11 Å². The summed E-state index contributed by atoms with van der Waals surface area (Å²) in [6.45, 7) is -0.328. The lowest BCUT2D eigenvalue weighted by molar-refractivity contribution is 0.0955. The fourth-order valence-corrected chi connectivity index (χ4v) is 2.12. The number of rotatable bonds is 5. The number of aromatic nitrogens is 1. The average Bonchev–Trinajstić information content (AvgIpc) is 2.45. The quantitative estimate of drug-likeness (QED) is 0.683. The second kappa shape index (κ2) is 7.73. The monoisotopic (exact) mass is 311 g/mol. The minimum atomic E-state index is -3.36. The van der Waals surface area contributed by atoms with Gasteiger partial charge in [0.2, 0.25) is 10.0 Å². The molecule has 0 spiro atoms. The van der Waals surface area contributed by atoms with E-state index in [1.165, 1.54) is 32.6 Å². The van der Waals surface area contributed by atoms with Crippen molar-refractivity contribution in [1.82, 2.24) is 14.6 Å². The van der Waals surface area contributed by atoms with Crippen LogP contribution in [0.3, 0.4) is 0 Å². The lowest BCUT2D eigenvalue weighted by atomic mass is 10.1. The fraction of sp³-hybridized carbons (Fsp3) is 0.385. The largest absolute Gasteiger partial charge is 0.384 e. The molecule has 1 aromatic rings. The third kappa shape index (κ3) is 5.15. The van der Waals surface area contributed by atoms with E-state index in [2.05, 4.69) is 22.1 Å². The Kier molecular flexibility index (Phi) is 6.30. The van der Waals surface area contributed by atoms with Crippen LogP contribution in [0.1, 0.15) is 15.9 Å². The van der Waals surface area contributed by atoms with Gasteiger partial charge in [0.15, 0.2) is 0 Å². The van der Waals surface area contributed by atoms with Gasteiger partial charge in [0.05, 0.1) is 16.9 Å². The molecule has 21 heavy (non-hydrogen) atoms. The van der Waals surface area contributed by atoms with Crippen LogP contribution in [0.25, 0.3) is 0 Å². The predicted octanol–water partition coefficient (Wildman–Crippen LogP) is -0.953. The Bertz CT molecular complexity index is 659. The zero-order chi connectivity index (χ0) is 15.9. The highest BCUT2D eigenvalue weighted by molar-refractivity contribution is 7.89. The number of pyridine rings is 1. The first kappa shape index (κ1) is 17.1. The van der Waals surface area contributed by atoms with Gasteiger partial charge in [-0.1, -0.05) is 11.8 Å². The number of carbonyl (C=O) groups excluding carboxylic acids is 1. The van der Waals surface area contributed by atoms with E-state index >= 15 is 0 Å². The molecule has 0 fully saturated rings. The van der Waals surface area contributed by atoms with Crippen LogP contribution in [-0.4, -0.2) is 61.7 Å². The zero-order valence-corrected chi connectivity index (χ0v) is 12.6. The third-order valence-corrected chi connectivity index (χ3v) is 4.40. The van der Waals surface area contributed by atoms with Crippen LogP contribution < -0.4 is 5.32 Å². The fourth-order valence-electron chi connectivity index (χ4n) is 1.40. The molecule has 0 saturated carbocycles. The van der Waals surface area contributed by atoms with Gasteiger partial charge >= 0.3 is 0 Å². The summed E-state index contributed by atoms with van der Waals surface area (Å²) in [7, 11) is -0.489. The summed E-state index contributed by atoms with van der Waals surface area (Å²) in [6.07, 6.45) is 2.85. The van der Waals surface area contributed by atoms with E-state index < -0.39 is 15.9 Å². The van der Waals surface area contributed by atoms with Gasteiger partial charge in [0.25, 0.3) is 5.91 Å². The van der Waals surface area contributed by atoms with Crippen molar-refractivity contribution in [3.63, 3.8) is 0 Å². The number of nitrogens with zero attached hydrogens (tertiary/aromatic N) is 2. The van der Waals surface area contributed by atoms with Gasteiger partial charge in [0.1, 0.15) is 6.61 Å². The van der Waals surface area contributed by atoms with Gasteiger partial charge in [-0.2, -0.15) is 0 Å². The van der Waals surface area contributed by atoms with E-state index in [0.29, 0.717) is 5.56 Å². The molecule has 0 saturated heterocycles. The van der Waals surface area contributed by atoms with Crippen LogP contribution in [0.4, 0.5) is 0 Å². The molecule has 0 aliphatic rings. The molecule has 0 aliphatic heterocycles. The van der Waals surface area contributed by atoms with Crippen LogP contribution in [0.15, 0.2) is 18.5 Å². The number of amides is 1. The number of aliphatic hydroxyl groups excluding tert-OH is 1. The van der Waals surface area contributed by atoms with E-state index in [9.17, 15) is 13.2 Å². The number of aliphatic hydroxyl groups is 1. The van der Waals surface area contributed by atoms with Crippen LogP contribution >= 0.6 is 0 Å². The summed E-state index contributed by atoms with van der Waals surface area (Å²) >= 11 is 0.